The van der Waals surface area contributed by atoms with Gasteiger partial charge in [-0.3, -0.25) is 4.79 Å². The number of carbonyl (C=O) groups excluding carboxylic acids is 1. The molecule has 0 radical (unpaired) electrons. The zero-order chi connectivity index (χ0) is 20.1. The molecular weight excluding hydrogens is 393 g/mol. The van der Waals surface area contributed by atoms with E-state index in [-0.39, 0.29) is 5.91 Å². The molecule has 0 fully saturated rings. The van der Waals surface area contributed by atoms with Crippen molar-refractivity contribution < 1.29 is 4.79 Å². The van der Waals surface area contributed by atoms with Gasteiger partial charge >= 0.3 is 0 Å². The maximum atomic E-state index is 13.2. The Hall–Kier alpha value is -2.43. The Labute approximate surface area is 175 Å². The summed E-state index contributed by atoms with van der Waals surface area (Å²) in [5, 5.41) is 1.08. The number of nitrogens with zero attached hydrogens (tertiary/aromatic N) is 3. The molecule has 6 heteroatoms. The lowest BCUT2D eigenvalue weighted by Crippen LogP contribution is -2.27. The first-order valence-electron chi connectivity index (χ1n) is 9.09. The molecule has 0 saturated carbocycles. The first-order chi connectivity index (χ1) is 13.5. The molecule has 3 aromatic rings. The van der Waals surface area contributed by atoms with Crippen LogP contribution < -0.4 is 0 Å². The first-order valence-corrected chi connectivity index (χ1v) is 9.85. The molecule has 0 spiro atoms. The molecule has 0 unspecified atom stereocenters. The van der Waals surface area contributed by atoms with Crippen LogP contribution in [0.1, 0.15) is 35.1 Å². The second kappa shape index (κ2) is 9.18. The summed E-state index contributed by atoms with van der Waals surface area (Å²) < 4.78 is 0. The number of aryl methyl sites for hydroxylation is 1. The van der Waals surface area contributed by atoms with Gasteiger partial charge in [-0.25, -0.2) is 9.97 Å². The van der Waals surface area contributed by atoms with E-state index >= 15 is 0 Å². The quantitative estimate of drug-likeness (QED) is 0.522. The number of rotatable bonds is 6. The molecule has 1 heterocycles. The average molecular weight is 414 g/mol. The Morgan fingerprint density at radius 1 is 1.07 bits per heavy atom. The average Bonchev–Trinajstić information content (AvgIpc) is 2.67. The lowest BCUT2D eigenvalue weighted by Gasteiger charge is -2.19. The van der Waals surface area contributed by atoms with E-state index in [0.717, 1.165) is 29.8 Å². The Morgan fingerprint density at radius 2 is 1.75 bits per heavy atom. The van der Waals surface area contributed by atoms with E-state index in [2.05, 4.69) is 16.9 Å². The Balaban J connectivity index is 1.93. The van der Waals surface area contributed by atoms with Crippen LogP contribution in [0.25, 0.3) is 11.3 Å². The van der Waals surface area contributed by atoms with Crippen molar-refractivity contribution in [3.8, 4) is 11.3 Å². The predicted octanol–water partition coefficient (Wildman–Crippen LogP) is 5.68. The van der Waals surface area contributed by atoms with Gasteiger partial charge in [-0.1, -0.05) is 60.5 Å². The molecule has 0 saturated heterocycles. The van der Waals surface area contributed by atoms with E-state index in [4.69, 9.17) is 23.2 Å². The van der Waals surface area contributed by atoms with Gasteiger partial charge in [-0.2, -0.15) is 0 Å². The highest BCUT2D eigenvalue weighted by molar-refractivity contribution is 6.34. The topological polar surface area (TPSA) is 46.1 Å². The van der Waals surface area contributed by atoms with Gasteiger partial charge in [-0.05, 0) is 30.2 Å². The monoisotopic (exact) mass is 413 g/mol. The van der Waals surface area contributed by atoms with Crippen LogP contribution in [0.4, 0.5) is 0 Å². The fourth-order valence-corrected chi connectivity index (χ4v) is 3.56. The lowest BCUT2D eigenvalue weighted by atomic mass is 10.1. The summed E-state index contributed by atoms with van der Waals surface area (Å²) in [6.07, 6.45) is 3.34. The lowest BCUT2D eigenvalue weighted by molar-refractivity contribution is 0.0785. The third kappa shape index (κ3) is 4.89. The fraction of sp³-hybridized carbons (Fsp3) is 0.227. The van der Waals surface area contributed by atoms with Gasteiger partial charge in [-0.15, -0.1) is 0 Å². The highest BCUT2D eigenvalue weighted by Gasteiger charge is 2.20. The second-order valence-electron chi connectivity index (χ2n) is 6.60. The van der Waals surface area contributed by atoms with Crippen LogP contribution >= 0.6 is 23.2 Å². The Morgan fingerprint density at radius 3 is 2.39 bits per heavy atom. The zero-order valence-electron chi connectivity index (χ0n) is 15.8. The molecular formula is C22H21Cl2N3O. The number of carbonyl (C=O) groups is 1. The summed E-state index contributed by atoms with van der Waals surface area (Å²) in [4.78, 5) is 23.8. The minimum Gasteiger partial charge on any atom is -0.337 e. The van der Waals surface area contributed by atoms with Gasteiger partial charge < -0.3 is 4.90 Å². The van der Waals surface area contributed by atoms with E-state index < -0.39 is 0 Å². The van der Waals surface area contributed by atoms with Gasteiger partial charge in [0.15, 0.2) is 0 Å². The number of hydrogen-bond donors (Lipinski definition) is 0. The summed E-state index contributed by atoms with van der Waals surface area (Å²) in [7, 11) is 1.74. The van der Waals surface area contributed by atoms with E-state index in [1.165, 1.54) is 0 Å². The number of amides is 1. The maximum Gasteiger partial charge on any atom is 0.257 e. The van der Waals surface area contributed by atoms with Crippen LogP contribution in [0, 0.1) is 0 Å². The fourth-order valence-electron chi connectivity index (χ4n) is 2.99. The highest BCUT2D eigenvalue weighted by Crippen LogP contribution is 2.24. The van der Waals surface area contributed by atoms with Crippen molar-refractivity contribution in [1.29, 1.82) is 0 Å². The molecule has 1 aromatic heterocycles. The molecule has 4 nitrogen and oxygen atoms in total. The van der Waals surface area contributed by atoms with Gasteiger partial charge in [0, 0.05) is 41.8 Å². The molecule has 0 aliphatic heterocycles. The van der Waals surface area contributed by atoms with E-state index in [9.17, 15) is 4.79 Å². The van der Waals surface area contributed by atoms with Crippen LogP contribution in [-0.2, 0) is 13.0 Å². The van der Waals surface area contributed by atoms with Gasteiger partial charge in [0.05, 0.1) is 11.3 Å². The van der Waals surface area contributed by atoms with Crippen LogP contribution in [0.5, 0.6) is 0 Å². The minimum absolute atomic E-state index is 0.155. The minimum atomic E-state index is -0.155. The smallest absolute Gasteiger partial charge is 0.257 e. The molecule has 144 valence electrons. The SMILES string of the molecule is CCCc1ncc(C(=O)N(C)Cc2cc(Cl)cc(Cl)c2)c(-c2ccccc2)n1. The van der Waals surface area contributed by atoms with E-state index in [1.54, 1.807) is 36.3 Å². The van der Waals surface area contributed by atoms with Crippen molar-refractivity contribution in [3.63, 3.8) is 0 Å². The van der Waals surface area contributed by atoms with Crippen molar-refractivity contribution in [2.24, 2.45) is 0 Å². The molecule has 0 N–H and O–H groups in total. The van der Waals surface area contributed by atoms with Gasteiger partial charge in [0.1, 0.15) is 5.82 Å². The standard InChI is InChI=1S/C22H21Cl2N3O/c1-3-7-20-25-13-19(21(26-20)16-8-5-4-6-9-16)22(28)27(2)14-15-10-17(23)12-18(24)11-15/h4-6,8-13H,3,7,14H2,1-2H3. The predicted molar refractivity (Wildman–Crippen MR) is 114 cm³/mol. The molecule has 2 aromatic carbocycles. The summed E-state index contributed by atoms with van der Waals surface area (Å²) >= 11 is 12.1. The molecule has 0 atom stereocenters. The summed E-state index contributed by atoms with van der Waals surface area (Å²) in [5.74, 6) is 0.583. The molecule has 0 aliphatic rings. The molecule has 0 bridgehead atoms. The highest BCUT2D eigenvalue weighted by atomic mass is 35.5. The number of hydrogen-bond acceptors (Lipinski definition) is 3. The zero-order valence-corrected chi connectivity index (χ0v) is 17.3. The Bertz CT molecular complexity index is 957. The normalized spacial score (nSPS) is 10.7. The summed E-state index contributed by atoms with van der Waals surface area (Å²) in [5.41, 5.74) is 2.88. The van der Waals surface area contributed by atoms with E-state index in [1.807, 2.05) is 30.3 Å². The van der Waals surface area contributed by atoms with Crippen molar-refractivity contribution >= 4 is 29.1 Å². The first kappa shape index (κ1) is 20.3. The van der Waals surface area contributed by atoms with Crippen molar-refractivity contribution in [2.45, 2.75) is 26.3 Å². The van der Waals surface area contributed by atoms with Crippen LogP contribution in [0.3, 0.4) is 0 Å². The van der Waals surface area contributed by atoms with Crippen molar-refractivity contribution in [1.82, 2.24) is 14.9 Å². The maximum absolute atomic E-state index is 13.2. The summed E-state index contributed by atoms with van der Waals surface area (Å²) in [6.45, 7) is 2.46. The molecule has 0 aliphatic carbocycles. The van der Waals surface area contributed by atoms with Crippen LogP contribution in [0.15, 0.2) is 54.7 Å². The van der Waals surface area contributed by atoms with Crippen LogP contribution in [-0.4, -0.2) is 27.8 Å². The molecule has 3 rings (SSSR count). The van der Waals surface area contributed by atoms with Crippen molar-refractivity contribution in [3.05, 3.63) is 81.7 Å². The number of aromatic nitrogens is 2. The second-order valence-corrected chi connectivity index (χ2v) is 7.48. The summed E-state index contributed by atoms with van der Waals surface area (Å²) in [6, 6.07) is 15.0. The van der Waals surface area contributed by atoms with Crippen LogP contribution in [0.2, 0.25) is 10.0 Å². The number of halogens is 2. The third-order valence-corrected chi connectivity index (χ3v) is 4.72. The number of benzene rings is 2. The third-order valence-electron chi connectivity index (χ3n) is 4.28. The molecule has 1 amide bonds. The van der Waals surface area contributed by atoms with Gasteiger partial charge in [0.2, 0.25) is 0 Å². The largest absolute Gasteiger partial charge is 0.337 e. The Kier molecular flexibility index (Phi) is 6.65. The molecule has 28 heavy (non-hydrogen) atoms. The van der Waals surface area contributed by atoms with Gasteiger partial charge in [0.25, 0.3) is 5.91 Å². The van der Waals surface area contributed by atoms with Crippen molar-refractivity contribution in [2.75, 3.05) is 7.05 Å². The van der Waals surface area contributed by atoms with E-state index in [0.29, 0.717) is 27.8 Å².